The maximum absolute atomic E-state index is 13.8. The van der Waals surface area contributed by atoms with Crippen LogP contribution >= 0.6 is 0 Å². The van der Waals surface area contributed by atoms with Crippen molar-refractivity contribution in [2.45, 2.75) is 66.2 Å². The Bertz CT molecular complexity index is 4520. The maximum Gasteiger partial charge on any atom is 0.343 e. The molecule has 0 unspecified atom stereocenters. The fourth-order valence-electron chi connectivity index (χ4n) is 9.48. The van der Waals surface area contributed by atoms with Gasteiger partial charge in [0.1, 0.15) is 46.3 Å². The lowest BCUT2D eigenvalue weighted by Gasteiger charge is -2.15. The highest BCUT2D eigenvalue weighted by molar-refractivity contribution is 5.99. The van der Waals surface area contributed by atoms with E-state index in [1.54, 1.807) is 135 Å². The number of azo groups is 2. The minimum atomic E-state index is -0.845. The highest BCUT2D eigenvalue weighted by atomic mass is 16.5. The number of aromatic hydroxyl groups is 1. The van der Waals surface area contributed by atoms with E-state index < -0.39 is 40.7 Å². The SMILES string of the molecule is Cc1nn(-c2cc(C(=O)Oc3ccccc3)cc(C(=O)Oc3ccccc3)c2)c(N=Nc2c(C(C)(C)C)nn(-c3nc(O)nc(-n4nc(C(C)(C)C)c(N=Nc5c(C#N)c(C)nn5-c5cc(C(=O)Oc6ccccc6)cc(C(=O)Oc6ccccc6)c5)c4N)n3)c2N)c1C#N. The molecule has 6 aromatic carbocycles. The lowest BCUT2D eigenvalue weighted by Crippen LogP contribution is -2.16. The number of nitriles is 2. The van der Waals surface area contributed by atoms with E-state index in [-0.39, 0.29) is 137 Å². The van der Waals surface area contributed by atoms with Crippen molar-refractivity contribution in [3.8, 4) is 64.4 Å². The van der Waals surface area contributed by atoms with Gasteiger partial charge in [-0.1, -0.05) is 114 Å². The minimum absolute atomic E-state index is 0.0229. The number of benzene rings is 6. The van der Waals surface area contributed by atoms with Gasteiger partial charge in [0, 0.05) is 10.8 Å². The molecule has 5 N–H and O–H groups in total. The predicted molar refractivity (Wildman–Crippen MR) is 342 cm³/mol. The summed E-state index contributed by atoms with van der Waals surface area (Å²) in [4.78, 5) is 68.2. The van der Waals surface area contributed by atoms with Crippen LogP contribution in [-0.4, -0.2) is 83.1 Å². The van der Waals surface area contributed by atoms with Gasteiger partial charge < -0.3 is 35.5 Å². The van der Waals surface area contributed by atoms with E-state index in [0.29, 0.717) is 0 Å². The summed E-state index contributed by atoms with van der Waals surface area (Å²) in [5.41, 5.74) is 12.8. The molecule has 0 spiro atoms. The number of ether oxygens (including phenoxy) is 4. The van der Waals surface area contributed by atoms with Gasteiger partial charge in [0.05, 0.1) is 56.4 Å². The molecule has 28 nitrogen and oxygen atoms in total. The average Bonchev–Trinajstić information content (AvgIpc) is 1.63. The number of nitrogen functional groups attached to an aromatic ring is 2. The van der Waals surface area contributed by atoms with Gasteiger partial charge in [0.15, 0.2) is 34.6 Å². The third-order valence-corrected chi connectivity index (χ3v) is 14.1. The number of aromatic nitrogens is 11. The zero-order valence-electron chi connectivity index (χ0n) is 52.0. The number of esters is 4. The molecular formula is C67H55N19O9. The number of carbonyl (C=O) groups is 4. The third kappa shape index (κ3) is 13.4. The molecule has 0 bridgehead atoms. The first-order valence-corrected chi connectivity index (χ1v) is 28.9. The Hall–Kier alpha value is -13.4. The maximum atomic E-state index is 13.8. The van der Waals surface area contributed by atoms with Crippen molar-refractivity contribution in [2.24, 2.45) is 20.5 Å². The second-order valence-corrected chi connectivity index (χ2v) is 23.1. The Morgan fingerprint density at radius 3 is 1.01 bits per heavy atom. The van der Waals surface area contributed by atoms with Gasteiger partial charge in [0.25, 0.3) is 11.9 Å². The number of aryl methyl sites for hydroxylation is 2. The lowest BCUT2D eigenvalue weighted by atomic mass is 9.91. The molecule has 0 atom stereocenters. The zero-order valence-corrected chi connectivity index (χ0v) is 52.0. The van der Waals surface area contributed by atoms with Crippen LogP contribution in [0.4, 0.5) is 34.6 Å². The van der Waals surface area contributed by atoms with Crippen molar-refractivity contribution in [3.05, 3.63) is 214 Å². The van der Waals surface area contributed by atoms with Crippen molar-refractivity contribution in [1.29, 1.82) is 10.5 Å². The minimum Gasteiger partial charge on any atom is -0.479 e. The summed E-state index contributed by atoms with van der Waals surface area (Å²) in [6, 6.07) is 44.9. The standard InChI is InChI=1S/C67H55N19O9/c1-37-49(35-68)57(83(79-37)43-31-39(59(87)92-45-21-13-9-14-22-45)29-40(32-43)60(88)93-46-23-15-10-16-24-46)77-75-51-53(66(3,4)5)81-85(55(51)70)63-72-64(74-65(91)73-63)86-56(71)52(54(82-86)67(6,7)8)76-78-58-50(36-69)38(2)80-84(58)44-33-41(61(89)94-47-25-17-11-18-26-47)30-42(34-44)62(90)95-48-27-19-12-20-28-48/h9-34H,70-71H2,1-8H3,(H,72,73,74,91). The number of rotatable bonds is 16. The molecule has 0 saturated heterocycles. The summed E-state index contributed by atoms with van der Waals surface area (Å²) in [7, 11) is 0. The van der Waals surface area contributed by atoms with Gasteiger partial charge >= 0.3 is 29.9 Å². The van der Waals surface area contributed by atoms with Crippen molar-refractivity contribution < 1.29 is 43.2 Å². The van der Waals surface area contributed by atoms with Crippen LogP contribution in [0.5, 0.6) is 29.0 Å². The Morgan fingerprint density at radius 2 is 0.737 bits per heavy atom. The quantitative estimate of drug-likeness (QED) is 0.0459. The van der Waals surface area contributed by atoms with Crippen LogP contribution in [0.2, 0.25) is 0 Å². The fourth-order valence-corrected chi connectivity index (χ4v) is 9.48. The molecule has 5 aromatic heterocycles. The molecule has 0 amide bonds. The average molecular weight is 1270 g/mol. The monoisotopic (exact) mass is 1270 g/mol. The van der Waals surface area contributed by atoms with E-state index in [2.05, 4.69) is 57.7 Å². The molecule has 0 aliphatic carbocycles. The van der Waals surface area contributed by atoms with Crippen LogP contribution in [0.1, 0.15) is 117 Å². The molecule has 0 aliphatic heterocycles. The summed E-state index contributed by atoms with van der Waals surface area (Å²) < 4.78 is 27.3. The van der Waals surface area contributed by atoms with E-state index in [9.17, 15) is 34.8 Å². The van der Waals surface area contributed by atoms with Gasteiger partial charge in [0.2, 0.25) is 0 Å². The van der Waals surface area contributed by atoms with E-state index in [4.69, 9.17) is 40.6 Å². The Kier molecular flexibility index (Phi) is 17.2. The first-order valence-electron chi connectivity index (χ1n) is 28.9. The number of para-hydroxylation sites is 4. The smallest absolute Gasteiger partial charge is 0.343 e. The van der Waals surface area contributed by atoms with Gasteiger partial charge in [-0.05, 0) is 98.8 Å². The molecular weight excluding hydrogens is 1210 g/mol. The highest BCUT2D eigenvalue weighted by Crippen LogP contribution is 2.41. The van der Waals surface area contributed by atoms with Crippen molar-refractivity contribution in [2.75, 3.05) is 11.5 Å². The summed E-state index contributed by atoms with van der Waals surface area (Å²) in [5, 5.41) is 69.4. The molecule has 5 heterocycles. The second kappa shape index (κ2) is 25.9. The van der Waals surface area contributed by atoms with Crippen molar-refractivity contribution in [1.82, 2.24) is 54.1 Å². The van der Waals surface area contributed by atoms with Crippen LogP contribution in [0, 0.1) is 36.5 Å². The fraction of sp³-hybridized carbons (Fsp3) is 0.149. The Balaban J connectivity index is 0.966. The molecule has 0 fully saturated rings. The molecule has 0 saturated carbocycles. The van der Waals surface area contributed by atoms with Crippen LogP contribution < -0.4 is 30.4 Å². The number of nitrogens with two attached hydrogens (primary N) is 2. The third-order valence-electron chi connectivity index (χ3n) is 14.1. The zero-order chi connectivity index (χ0) is 67.5. The molecule has 28 heteroatoms. The number of hydrogen-bond acceptors (Lipinski definition) is 24. The Morgan fingerprint density at radius 1 is 0.442 bits per heavy atom. The molecule has 472 valence electrons. The first-order chi connectivity index (χ1) is 45.5. The number of nitrogens with zero attached hydrogens (tertiary/aromatic N) is 17. The second-order valence-electron chi connectivity index (χ2n) is 23.1. The normalized spacial score (nSPS) is 11.6. The van der Waals surface area contributed by atoms with Gasteiger partial charge in [-0.15, -0.1) is 20.5 Å². The molecule has 0 radical (unpaired) electrons. The summed E-state index contributed by atoms with van der Waals surface area (Å²) >= 11 is 0. The topological polar surface area (TPSA) is 384 Å². The number of carbonyl (C=O) groups excluding carboxylic acids is 4. The van der Waals surface area contributed by atoms with E-state index in [1.165, 1.54) is 45.8 Å². The van der Waals surface area contributed by atoms with Gasteiger partial charge in [-0.2, -0.15) is 55.2 Å². The number of hydrogen-bond donors (Lipinski definition) is 3. The van der Waals surface area contributed by atoms with E-state index in [0.717, 1.165) is 9.36 Å². The lowest BCUT2D eigenvalue weighted by molar-refractivity contribution is 0.0715. The van der Waals surface area contributed by atoms with E-state index in [1.807, 2.05) is 41.5 Å². The summed E-state index contributed by atoms with van der Waals surface area (Å²) in [5.74, 6) is -3.73. The molecule has 0 aliphatic rings. The predicted octanol–water partition coefficient (Wildman–Crippen LogP) is 12.1. The van der Waals surface area contributed by atoms with Crippen molar-refractivity contribution in [3.63, 3.8) is 0 Å². The van der Waals surface area contributed by atoms with Crippen molar-refractivity contribution >= 4 is 58.5 Å². The summed E-state index contributed by atoms with van der Waals surface area (Å²) in [6.45, 7) is 14.1. The molecule has 11 aromatic rings. The van der Waals surface area contributed by atoms with Crippen LogP contribution in [-0.2, 0) is 10.8 Å². The van der Waals surface area contributed by atoms with Gasteiger partial charge in [-0.3, -0.25) is 0 Å². The largest absolute Gasteiger partial charge is 0.479 e. The molecule has 11 rings (SSSR count). The van der Waals surface area contributed by atoms with Gasteiger partial charge in [-0.25, -0.2) is 28.5 Å². The molecule has 95 heavy (non-hydrogen) atoms. The van der Waals surface area contributed by atoms with Crippen LogP contribution in [0.25, 0.3) is 23.3 Å². The Labute approximate surface area is 540 Å². The van der Waals surface area contributed by atoms with Crippen LogP contribution in [0.15, 0.2) is 178 Å². The van der Waals surface area contributed by atoms with Crippen LogP contribution in [0.3, 0.4) is 0 Å². The summed E-state index contributed by atoms with van der Waals surface area (Å²) in [6.07, 6.45) is 0. The number of anilines is 2. The van der Waals surface area contributed by atoms with E-state index >= 15 is 0 Å². The first kappa shape index (κ1) is 63.2. The highest BCUT2D eigenvalue weighted by Gasteiger charge is 2.32.